The second-order valence-electron chi connectivity index (χ2n) is 8.04. The zero-order valence-corrected chi connectivity index (χ0v) is 18.3. The molecule has 0 aliphatic heterocycles. The normalized spacial score (nSPS) is 15.4. The van der Waals surface area contributed by atoms with Crippen molar-refractivity contribution < 1.29 is 18.4 Å². The summed E-state index contributed by atoms with van der Waals surface area (Å²) in [6.45, 7) is 1.76. The smallest absolute Gasteiger partial charge is 0.242 e. The van der Waals surface area contributed by atoms with Crippen molar-refractivity contribution in [3.63, 3.8) is 0 Å². The van der Waals surface area contributed by atoms with Crippen LogP contribution in [0.3, 0.4) is 0 Å². The summed E-state index contributed by atoms with van der Waals surface area (Å²) in [5.74, 6) is -1.63. The first-order valence-electron chi connectivity index (χ1n) is 10.6. The molecule has 0 bridgehead atoms. The molecule has 1 fully saturated rings. The summed E-state index contributed by atoms with van der Waals surface area (Å²) in [6.07, 6.45) is 4.89. The van der Waals surface area contributed by atoms with Gasteiger partial charge in [0.2, 0.25) is 11.8 Å². The summed E-state index contributed by atoms with van der Waals surface area (Å²) in [4.78, 5) is 27.5. The van der Waals surface area contributed by atoms with Crippen molar-refractivity contribution in [1.29, 1.82) is 0 Å². The molecule has 0 radical (unpaired) electrons. The largest absolute Gasteiger partial charge is 0.352 e. The average Bonchev–Trinajstić information content (AvgIpc) is 2.76. The fourth-order valence-corrected chi connectivity index (χ4v) is 4.12. The number of hydrogen-bond acceptors (Lipinski definition) is 2. The number of nitrogens with zero attached hydrogens (tertiary/aromatic N) is 1. The van der Waals surface area contributed by atoms with E-state index in [1.807, 2.05) is 0 Å². The number of carbonyl (C=O) groups excluding carboxylic acids is 2. The van der Waals surface area contributed by atoms with Crippen LogP contribution in [-0.4, -0.2) is 28.8 Å². The van der Waals surface area contributed by atoms with Crippen LogP contribution in [0.1, 0.15) is 50.2 Å². The van der Waals surface area contributed by atoms with Gasteiger partial charge in [-0.2, -0.15) is 0 Å². The monoisotopic (exact) mass is 448 g/mol. The molecule has 1 N–H and O–H groups in total. The minimum Gasteiger partial charge on any atom is -0.352 e. The van der Waals surface area contributed by atoms with E-state index in [0.29, 0.717) is 5.56 Å². The first-order valence-corrected chi connectivity index (χ1v) is 11.0. The summed E-state index contributed by atoms with van der Waals surface area (Å²) < 4.78 is 27.5. The number of halogens is 3. The Bertz CT molecular complexity index is 894. The lowest BCUT2D eigenvalue weighted by Crippen LogP contribution is -2.50. The molecule has 0 heterocycles. The van der Waals surface area contributed by atoms with Gasteiger partial charge in [0.25, 0.3) is 0 Å². The molecule has 2 amide bonds. The van der Waals surface area contributed by atoms with Crippen molar-refractivity contribution in [3.05, 3.63) is 70.2 Å². The molecule has 0 spiro atoms. The molecule has 166 valence electrons. The number of hydrogen-bond donors (Lipinski definition) is 1. The number of carbonyl (C=O) groups is 2. The van der Waals surface area contributed by atoms with Gasteiger partial charge in [-0.3, -0.25) is 9.59 Å². The van der Waals surface area contributed by atoms with Crippen LogP contribution in [0.2, 0.25) is 5.02 Å². The SMILES string of the molecule is CC(C(=O)NC1CCCCC1)N(Cc1ccc(F)cc1)C(=O)Cc1c(F)cccc1Cl. The van der Waals surface area contributed by atoms with Crippen LogP contribution in [0.4, 0.5) is 8.78 Å². The third kappa shape index (κ3) is 6.26. The van der Waals surface area contributed by atoms with Crippen LogP contribution < -0.4 is 5.32 Å². The minimum absolute atomic E-state index is 0.0955. The maximum atomic E-state index is 14.2. The zero-order chi connectivity index (χ0) is 22.4. The van der Waals surface area contributed by atoms with Crippen molar-refractivity contribution in [2.24, 2.45) is 0 Å². The highest BCUT2D eigenvalue weighted by Gasteiger charge is 2.29. The Morgan fingerprint density at radius 1 is 1.10 bits per heavy atom. The van der Waals surface area contributed by atoms with Crippen molar-refractivity contribution in [2.45, 2.75) is 64.1 Å². The molecule has 2 aromatic carbocycles. The van der Waals surface area contributed by atoms with Crippen LogP contribution in [0.15, 0.2) is 42.5 Å². The van der Waals surface area contributed by atoms with Crippen LogP contribution in [0, 0.1) is 11.6 Å². The molecule has 1 saturated carbocycles. The number of rotatable bonds is 7. The van der Waals surface area contributed by atoms with Gasteiger partial charge >= 0.3 is 0 Å². The lowest BCUT2D eigenvalue weighted by molar-refractivity contribution is -0.140. The molecule has 1 aliphatic rings. The van der Waals surface area contributed by atoms with Gasteiger partial charge in [-0.25, -0.2) is 8.78 Å². The fourth-order valence-electron chi connectivity index (χ4n) is 3.89. The number of amides is 2. The first kappa shape index (κ1) is 23.2. The minimum atomic E-state index is -0.773. The van der Waals surface area contributed by atoms with Gasteiger partial charge in [-0.15, -0.1) is 0 Å². The van der Waals surface area contributed by atoms with Gasteiger partial charge in [0.05, 0.1) is 6.42 Å². The Hall–Kier alpha value is -2.47. The predicted octanol–water partition coefficient (Wildman–Crippen LogP) is 5.03. The van der Waals surface area contributed by atoms with Gasteiger partial charge in [-0.1, -0.05) is 49.1 Å². The average molecular weight is 449 g/mol. The van der Waals surface area contributed by atoms with E-state index < -0.39 is 17.8 Å². The van der Waals surface area contributed by atoms with Gasteiger partial charge < -0.3 is 10.2 Å². The zero-order valence-electron chi connectivity index (χ0n) is 17.5. The van der Waals surface area contributed by atoms with Gasteiger partial charge in [0.15, 0.2) is 0 Å². The number of nitrogens with one attached hydrogen (secondary N) is 1. The van der Waals surface area contributed by atoms with E-state index in [-0.39, 0.29) is 41.3 Å². The predicted molar refractivity (Wildman–Crippen MR) is 117 cm³/mol. The van der Waals surface area contributed by atoms with Crippen LogP contribution in [-0.2, 0) is 22.6 Å². The summed E-state index contributed by atoms with van der Waals surface area (Å²) >= 11 is 6.10. The Kier molecular flexibility index (Phi) is 8.02. The van der Waals surface area contributed by atoms with Crippen molar-refractivity contribution in [1.82, 2.24) is 10.2 Å². The maximum Gasteiger partial charge on any atom is 0.242 e. The Labute approximate surface area is 186 Å². The Balaban J connectivity index is 1.79. The third-order valence-corrected chi connectivity index (χ3v) is 6.13. The Morgan fingerprint density at radius 2 is 1.77 bits per heavy atom. The first-order chi connectivity index (χ1) is 14.8. The summed E-state index contributed by atoms with van der Waals surface area (Å²) in [6, 6.07) is 9.32. The van der Waals surface area contributed by atoms with E-state index in [1.54, 1.807) is 19.1 Å². The lowest BCUT2D eigenvalue weighted by Gasteiger charge is -2.31. The van der Waals surface area contributed by atoms with Crippen LogP contribution in [0.25, 0.3) is 0 Å². The second kappa shape index (κ2) is 10.7. The topological polar surface area (TPSA) is 49.4 Å². The molecule has 7 heteroatoms. The molecule has 0 aromatic heterocycles. The van der Waals surface area contributed by atoms with Crippen molar-refractivity contribution in [2.75, 3.05) is 0 Å². The molecule has 1 unspecified atom stereocenters. The second-order valence-corrected chi connectivity index (χ2v) is 8.45. The third-order valence-electron chi connectivity index (χ3n) is 5.77. The molecule has 1 atom stereocenters. The van der Waals surface area contributed by atoms with Crippen molar-refractivity contribution >= 4 is 23.4 Å². The highest BCUT2D eigenvalue weighted by atomic mass is 35.5. The molecular formula is C24H27ClF2N2O2. The van der Waals surface area contributed by atoms with E-state index in [2.05, 4.69) is 5.32 Å². The molecular weight excluding hydrogens is 422 g/mol. The van der Waals surface area contributed by atoms with E-state index in [4.69, 9.17) is 11.6 Å². The standard InChI is InChI=1S/C24H27ClF2N2O2/c1-16(24(31)28-19-6-3-2-4-7-19)29(15-17-10-12-18(26)13-11-17)23(30)14-20-21(25)8-5-9-22(20)27/h5,8-13,16,19H,2-4,6-7,14-15H2,1H3,(H,28,31). The summed E-state index contributed by atoms with van der Waals surface area (Å²) in [5, 5.41) is 3.20. The number of benzene rings is 2. The van der Waals surface area contributed by atoms with Crippen molar-refractivity contribution in [3.8, 4) is 0 Å². The molecule has 2 aromatic rings. The summed E-state index contributed by atoms with van der Waals surface area (Å²) in [7, 11) is 0. The molecule has 1 aliphatic carbocycles. The van der Waals surface area contributed by atoms with Crippen LogP contribution in [0.5, 0.6) is 0 Å². The van der Waals surface area contributed by atoms with E-state index in [1.165, 1.54) is 41.7 Å². The maximum absolute atomic E-state index is 14.2. The van der Waals surface area contributed by atoms with Crippen LogP contribution >= 0.6 is 11.6 Å². The quantitative estimate of drug-likeness (QED) is 0.646. The molecule has 31 heavy (non-hydrogen) atoms. The van der Waals surface area contributed by atoms with E-state index >= 15 is 0 Å². The van der Waals surface area contributed by atoms with Gasteiger partial charge in [0.1, 0.15) is 17.7 Å². The lowest BCUT2D eigenvalue weighted by atomic mass is 9.95. The highest BCUT2D eigenvalue weighted by molar-refractivity contribution is 6.31. The summed E-state index contributed by atoms with van der Waals surface area (Å²) in [5.41, 5.74) is 0.768. The molecule has 0 saturated heterocycles. The molecule has 4 nitrogen and oxygen atoms in total. The van der Waals surface area contributed by atoms with Gasteiger partial charge in [0, 0.05) is 23.2 Å². The Morgan fingerprint density at radius 3 is 2.42 bits per heavy atom. The fraction of sp³-hybridized carbons (Fsp3) is 0.417. The molecule has 3 rings (SSSR count). The van der Waals surface area contributed by atoms with Gasteiger partial charge in [-0.05, 0) is 49.6 Å². The van der Waals surface area contributed by atoms with E-state index in [0.717, 1.165) is 25.7 Å². The highest BCUT2D eigenvalue weighted by Crippen LogP contribution is 2.22. The van der Waals surface area contributed by atoms with E-state index in [9.17, 15) is 18.4 Å².